The van der Waals surface area contributed by atoms with Crippen LogP contribution in [-0.2, 0) is 22.7 Å². The number of hydrogen-bond acceptors (Lipinski definition) is 11. The number of phenols is 1. The summed E-state index contributed by atoms with van der Waals surface area (Å²) >= 11 is 0. The Morgan fingerprint density at radius 3 is 1.49 bits per heavy atom. The molecule has 0 aliphatic rings. The molecule has 0 saturated carbocycles. The normalized spacial score (nSPS) is 13.2. The van der Waals surface area contributed by atoms with Gasteiger partial charge in [-0.2, -0.15) is 0 Å². The summed E-state index contributed by atoms with van der Waals surface area (Å²) in [6.07, 6.45) is 0. The fourth-order valence-electron chi connectivity index (χ4n) is 1.94. The summed E-state index contributed by atoms with van der Waals surface area (Å²) in [4.78, 5) is 19.4. The number of nitrogens with zero attached hydrogens (tertiary/aromatic N) is 2. The van der Waals surface area contributed by atoms with Crippen molar-refractivity contribution in [3.05, 3.63) is 68.8 Å². The van der Waals surface area contributed by atoms with E-state index in [0.29, 0.717) is 6.61 Å². The second-order valence-corrected chi connectivity index (χ2v) is 10.3. The highest BCUT2D eigenvalue weighted by Crippen LogP contribution is 2.44. The zero-order valence-corrected chi connectivity index (χ0v) is 21.1. The van der Waals surface area contributed by atoms with Crippen molar-refractivity contribution in [3.8, 4) is 11.5 Å². The summed E-state index contributed by atoms with van der Waals surface area (Å²) in [5.41, 5.74) is -0.0625. The second-order valence-electron chi connectivity index (χ2n) is 6.18. The molecule has 2 aromatic carbocycles. The molecule has 0 saturated heterocycles. The lowest BCUT2D eigenvalue weighted by atomic mass is 10.3. The molecule has 0 amide bonds. The average molecular weight is 538 g/mol. The van der Waals surface area contributed by atoms with Crippen LogP contribution in [0.5, 0.6) is 11.5 Å². The van der Waals surface area contributed by atoms with Crippen LogP contribution in [0, 0.1) is 20.2 Å². The molecular formula is C20H32N2O11P2. The molecule has 198 valence electrons. The first-order chi connectivity index (χ1) is 15.8. The summed E-state index contributed by atoms with van der Waals surface area (Å²) in [6, 6.07) is 10.4. The van der Waals surface area contributed by atoms with Crippen molar-refractivity contribution in [2.45, 2.75) is 21.3 Å². The van der Waals surface area contributed by atoms with Crippen LogP contribution in [0.3, 0.4) is 0 Å². The van der Waals surface area contributed by atoms with Crippen molar-refractivity contribution < 1.29 is 42.2 Å². The smallest absolute Gasteiger partial charge is 0.376 e. The Balaban J connectivity index is 0. The standard InChI is InChI=1S/C9H12NO5P.C6H5NO3.C4H11O3P.CH4/c1-3-14-16(2,13)15-9-6-4-8(5-7-9)10(11)12;8-6-3-1-5(2-4-6)7(9)10;1-4-7-8(3,5)6-2;/h4-7H,3H2,1-2H3;1-4,8H;4H2,1-3H3;1H4. The minimum Gasteiger partial charge on any atom is -0.508 e. The maximum absolute atomic E-state index is 11.6. The van der Waals surface area contributed by atoms with Crippen molar-refractivity contribution in [2.75, 3.05) is 33.7 Å². The summed E-state index contributed by atoms with van der Waals surface area (Å²) < 4.78 is 41.6. The predicted octanol–water partition coefficient (Wildman–Crippen LogP) is 6.26. The average Bonchev–Trinajstić information content (AvgIpc) is 2.75. The third-order valence-electron chi connectivity index (χ3n) is 3.44. The fraction of sp³-hybridized carbons (Fsp3) is 0.400. The molecule has 1 N–H and O–H groups in total. The fourth-order valence-corrected chi connectivity index (χ4v) is 3.54. The van der Waals surface area contributed by atoms with Gasteiger partial charge in [-0.1, -0.05) is 7.43 Å². The summed E-state index contributed by atoms with van der Waals surface area (Å²) in [5.74, 6) is 0.315. The predicted molar refractivity (Wildman–Crippen MR) is 133 cm³/mol. The molecule has 0 heterocycles. The number of non-ortho nitro benzene ring substituents is 2. The molecule has 2 rings (SSSR count). The van der Waals surface area contributed by atoms with E-state index in [1.165, 1.54) is 69.0 Å². The minimum absolute atomic E-state index is 0. The minimum atomic E-state index is -3.12. The number of nitro groups is 2. The lowest BCUT2D eigenvalue weighted by molar-refractivity contribution is -0.385. The molecule has 2 atom stereocenters. The van der Waals surface area contributed by atoms with E-state index in [0.717, 1.165) is 0 Å². The van der Waals surface area contributed by atoms with Gasteiger partial charge >= 0.3 is 15.2 Å². The number of rotatable bonds is 9. The Hall–Kier alpha value is -2.82. The van der Waals surface area contributed by atoms with Crippen LogP contribution < -0.4 is 4.52 Å². The van der Waals surface area contributed by atoms with Crippen molar-refractivity contribution in [3.63, 3.8) is 0 Å². The van der Waals surface area contributed by atoms with Crippen LogP contribution in [0.15, 0.2) is 48.5 Å². The Bertz CT molecular complexity index is 999. The summed E-state index contributed by atoms with van der Waals surface area (Å²) in [5, 5.41) is 29.1. The molecule has 2 unspecified atom stereocenters. The Labute approximate surface area is 204 Å². The number of benzene rings is 2. The van der Waals surface area contributed by atoms with Crippen LogP contribution in [0.4, 0.5) is 11.4 Å². The molecule has 0 aliphatic carbocycles. The van der Waals surface area contributed by atoms with Gasteiger partial charge < -0.3 is 23.2 Å². The molecule has 0 aromatic heterocycles. The van der Waals surface area contributed by atoms with Gasteiger partial charge in [0.25, 0.3) is 11.4 Å². The molecule has 0 fully saturated rings. The Morgan fingerprint density at radius 1 is 0.800 bits per heavy atom. The van der Waals surface area contributed by atoms with Gasteiger partial charge in [-0.05, 0) is 38.1 Å². The van der Waals surface area contributed by atoms with Crippen LogP contribution in [0.25, 0.3) is 0 Å². The van der Waals surface area contributed by atoms with Crippen molar-refractivity contribution in [1.29, 1.82) is 0 Å². The van der Waals surface area contributed by atoms with Crippen molar-refractivity contribution in [1.82, 2.24) is 0 Å². The SMILES string of the molecule is C.CCOP(C)(=O)OC.CCOP(C)(=O)Oc1ccc([N+](=O)[O-])cc1.O=[N+]([O-])c1ccc(O)cc1. The largest absolute Gasteiger partial charge is 0.508 e. The van der Waals surface area contributed by atoms with E-state index in [1.807, 2.05) is 0 Å². The Kier molecular flexibility index (Phi) is 16.4. The third kappa shape index (κ3) is 15.7. The van der Waals surface area contributed by atoms with Gasteiger partial charge in [0.2, 0.25) is 0 Å². The zero-order chi connectivity index (χ0) is 26.4. The van der Waals surface area contributed by atoms with E-state index >= 15 is 0 Å². The second kappa shape index (κ2) is 16.7. The molecule has 0 aliphatic heterocycles. The van der Waals surface area contributed by atoms with E-state index in [4.69, 9.17) is 18.7 Å². The first kappa shape index (κ1) is 34.3. The lowest BCUT2D eigenvalue weighted by Gasteiger charge is -2.13. The first-order valence-corrected chi connectivity index (χ1v) is 13.6. The quantitative estimate of drug-likeness (QED) is 0.216. The number of aromatic hydroxyl groups is 1. The maximum Gasteiger partial charge on any atom is 0.376 e. The molecule has 0 spiro atoms. The highest BCUT2D eigenvalue weighted by atomic mass is 31.2. The molecule has 0 radical (unpaired) electrons. The van der Waals surface area contributed by atoms with Crippen LogP contribution >= 0.6 is 15.2 Å². The molecule has 13 nitrogen and oxygen atoms in total. The molecular weight excluding hydrogens is 506 g/mol. The number of hydrogen-bond donors (Lipinski definition) is 1. The summed E-state index contributed by atoms with van der Waals surface area (Å²) in [6.45, 7) is 6.97. The molecule has 0 bridgehead atoms. The van der Waals surface area contributed by atoms with Gasteiger partial charge in [-0.3, -0.25) is 24.8 Å². The van der Waals surface area contributed by atoms with Crippen LogP contribution in [0.1, 0.15) is 21.3 Å². The van der Waals surface area contributed by atoms with Gasteiger partial charge in [-0.15, -0.1) is 0 Å². The third-order valence-corrected chi connectivity index (χ3v) is 6.10. The monoisotopic (exact) mass is 538 g/mol. The maximum atomic E-state index is 11.6. The number of phenolic OH excluding ortho intramolecular Hbond substituents is 1. The van der Waals surface area contributed by atoms with Crippen molar-refractivity contribution >= 4 is 26.6 Å². The lowest BCUT2D eigenvalue weighted by Crippen LogP contribution is -1.96. The van der Waals surface area contributed by atoms with E-state index in [9.17, 15) is 29.4 Å². The van der Waals surface area contributed by atoms with E-state index in [-0.39, 0.29) is 36.9 Å². The highest BCUT2D eigenvalue weighted by Gasteiger charge is 2.18. The van der Waals surface area contributed by atoms with Gasteiger partial charge in [-0.25, -0.2) is 4.57 Å². The molecule has 35 heavy (non-hydrogen) atoms. The van der Waals surface area contributed by atoms with Crippen LogP contribution in [0.2, 0.25) is 0 Å². The van der Waals surface area contributed by atoms with E-state index in [2.05, 4.69) is 4.52 Å². The summed E-state index contributed by atoms with van der Waals surface area (Å²) in [7, 11) is -4.43. The van der Waals surface area contributed by atoms with Crippen LogP contribution in [-0.4, -0.2) is 48.6 Å². The zero-order valence-electron chi connectivity index (χ0n) is 19.4. The van der Waals surface area contributed by atoms with Gasteiger partial charge in [0.15, 0.2) is 0 Å². The van der Waals surface area contributed by atoms with Crippen molar-refractivity contribution in [2.24, 2.45) is 0 Å². The first-order valence-electron chi connectivity index (χ1n) is 9.64. The van der Waals surface area contributed by atoms with E-state index in [1.54, 1.807) is 13.8 Å². The van der Waals surface area contributed by atoms with Gasteiger partial charge in [0.05, 0.1) is 23.1 Å². The Morgan fingerprint density at radius 2 is 1.17 bits per heavy atom. The molecule has 2 aromatic rings. The van der Waals surface area contributed by atoms with Gasteiger partial charge in [0.1, 0.15) is 11.5 Å². The van der Waals surface area contributed by atoms with Gasteiger partial charge in [0, 0.05) is 44.7 Å². The molecule has 15 heteroatoms. The van der Waals surface area contributed by atoms with E-state index < -0.39 is 25.0 Å². The number of nitro benzene ring substituents is 2. The highest BCUT2D eigenvalue weighted by molar-refractivity contribution is 7.53. The topological polar surface area (TPSA) is 178 Å².